The number of rotatable bonds is 6. The van der Waals surface area contributed by atoms with Crippen LogP contribution in [0.15, 0.2) is 78.9 Å². The number of hydrazine groups is 1. The minimum atomic E-state index is -0.429. The van der Waals surface area contributed by atoms with Gasteiger partial charge < -0.3 is 4.74 Å². The molecule has 3 aromatic rings. The third kappa shape index (κ3) is 6.65. The van der Waals surface area contributed by atoms with Crippen LogP contribution in [0.25, 0.3) is 11.1 Å². The summed E-state index contributed by atoms with van der Waals surface area (Å²) in [4.78, 5) is 24.3. The SMILES string of the molecule is CC(C)c1ccc(OCC(=O)NNC(=S)NC(=O)c2ccc(-c3ccccc3)cc2)cc1. The van der Waals surface area contributed by atoms with E-state index >= 15 is 0 Å². The second kappa shape index (κ2) is 11.1. The van der Waals surface area contributed by atoms with Crippen LogP contribution in [0, 0.1) is 0 Å². The first-order chi connectivity index (χ1) is 15.4. The summed E-state index contributed by atoms with van der Waals surface area (Å²) < 4.78 is 5.45. The van der Waals surface area contributed by atoms with Gasteiger partial charge in [0, 0.05) is 5.56 Å². The molecular weight excluding hydrogens is 422 g/mol. The average Bonchev–Trinajstić information content (AvgIpc) is 2.82. The van der Waals surface area contributed by atoms with Gasteiger partial charge in [-0.3, -0.25) is 25.8 Å². The number of carbonyl (C=O) groups is 2. The van der Waals surface area contributed by atoms with Crippen molar-refractivity contribution in [2.45, 2.75) is 19.8 Å². The predicted molar refractivity (Wildman–Crippen MR) is 129 cm³/mol. The number of amides is 2. The highest BCUT2D eigenvalue weighted by Crippen LogP contribution is 2.19. The molecule has 0 bridgehead atoms. The van der Waals surface area contributed by atoms with Crippen LogP contribution in [0.3, 0.4) is 0 Å². The molecule has 0 heterocycles. The lowest BCUT2D eigenvalue weighted by Crippen LogP contribution is -2.49. The Morgan fingerprint density at radius 1 is 0.844 bits per heavy atom. The number of thiocarbonyl (C=S) groups is 1. The minimum absolute atomic E-state index is 0.0169. The van der Waals surface area contributed by atoms with Crippen LogP contribution in [-0.4, -0.2) is 23.5 Å². The third-order valence-corrected chi connectivity index (χ3v) is 4.92. The molecule has 164 valence electrons. The summed E-state index contributed by atoms with van der Waals surface area (Å²) >= 11 is 5.07. The zero-order chi connectivity index (χ0) is 22.9. The van der Waals surface area contributed by atoms with Gasteiger partial charge in [0.2, 0.25) is 0 Å². The Labute approximate surface area is 193 Å². The topological polar surface area (TPSA) is 79.5 Å². The van der Waals surface area contributed by atoms with Crippen LogP contribution in [0.2, 0.25) is 0 Å². The van der Waals surface area contributed by atoms with E-state index in [0.717, 1.165) is 11.1 Å². The predicted octanol–water partition coefficient (Wildman–Crippen LogP) is 4.19. The second-order valence-electron chi connectivity index (χ2n) is 7.41. The van der Waals surface area contributed by atoms with Crippen molar-refractivity contribution in [3.63, 3.8) is 0 Å². The zero-order valence-corrected chi connectivity index (χ0v) is 18.7. The van der Waals surface area contributed by atoms with Crippen molar-refractivity contribution >= 4 is 29.1 Å². The van der Waals surface area contributed by atoms with Crippen LogP contribution in [0.5, 0.6) is 5.75 Å². The maximum Gasteiger partial charge on any atom is 0.276 e. The number of hydrogen-bond acceptors (Lipinski definition) is 4. The molecule has 0 radical (unpaired) electrons. The summed E-state index contributed by atoms with van der Waals surface area (Å²) in [6.45, 7) is 4.03. The standard InChI is InChI=1S/C25H25N3O3S/c1-17(2)18-12-14-22(15-13-18)31-16-23(29)27-28-25(32)26-24(30)21-10-8-20(9-11-21)19-6-4-3-5-7-19/h3-15,17H,16H2,1-2H3,(H,27,29)(H2,26,28,30,32). The number of hydrogen-bond donors (Lipinski definition) is 3. The van der Waals surface area contributed by atoms with E-state index in [4.69, 9.17) is 17.0 Å². The first-order valence-electron chi connectivity index (χ1n) is 10.2. The Morgan fingerprint density at radius 2 is 1.47 bits per heavy atom. The Morgan fingerprint density at radius 3 is 2.09 bits per heavy atom. The fraction of sp³-hybridized carbons (Fsp3) is 0.160. The van der Waals surface area contributed by atoms with Gasteiger partial charge in [-0.1, -0.05) is 68.4 Å². The van der Waals surface area contributed by atoms with Crippen LogP contribution in [0.4, 0.5) is 0 Å². The summed E-state index contributed by atoms with van der Waals surface area (Å²) in [7, 11) is 0. The van der Waals surface area contributed by atoms with E-state index in [9.17, 15) is 9.59 Å². The first kappa shape index (κ1) is 23.0. The molecule has 0 saturated carbocycles. The molecule has 0 saturated heterocycles. The lowest BCUT2D eigenvalue weighted by Gasteiger charge is -2.12. The summed E-state index contributed by atoms with van der Waals surface area (Å²) in [6, 6.07) is 24.6. The molecule has 32 heavy (non-hydrogen) atoms. The van der Waals surface area contributed by atoms with Crippen molar-refractivity contribution in [3.8, 4) is 16.9 Å². The van der Waals surface area contributed by atoms with Gasteiger partial charge in [-0.05, 0) is 59.1 Å². The van der Waals surface area contributed by atoms with Gasteiger partial charge in [0.05, 0.1) is 0 Å². The fourth-order valence-corrected chi connectivity index (χ4v) is 3.06. The molecule has 0 spiro atoms. The van der Waals surface area contributed by atoms with Gasteiger partial charge in [0.1, 0.15) is 5.75 Å². The van der Waals surface area contributed by atoms with Crippen LogP contribution in [-0.2, 0) is 4.79 Å². The lowest BCUT2D eigenvalue weighted by molar-refractivity contribution is -0.123. The molecule has 3 N–H and O–H groups in total. The van der Waals surface area contributed by atoms with E-state index in [-0.39, 0.29) is 17.6 Å². The molecule has 3 rings (SSSR count). The Balaban J connectivity index is 1.42. The molecule has 3 aromatic carbocycles. The van der Waals surface area contributed by atoms with Gasteiger partial charge in [-0.2, -0.15) is 0 Å². The zero-order valence-electron chi connectivity index (χ0n) is 17.9. The van der Waals surface area contributed by atoms with Crippen molar-refractivity contribution in [1.29, 1.82) is 0 Å². The van der Waals surface area contributed by atoms with E-state index in [1.807, 2.05) is 66.7 Å². The number of nitrogens with one attached hydrogen (secondary N) is 3. The highest BCUT2D eigenvalue weighted by Gasteiger charge is 2.10. The molecule has 7 heteroatoms. The minimum Gasteiger partial charge on any atom is -0.484 e. The van der Waals surface area contributed by atoms with E-state index in [1.54, 1.807) is 12.1 Å². The van der Waals surface area contributed by atoms with Gasteiger partial charge >= 0.3 is 0 Å². The largest absolute Gasteiger partial charge is 0.484 e. The molecule has 0 aliphatic heterocycles. The monoisotopic (exact) mass is 447 g/mol. The van der Waals surface area contributed by atoms with Crippen molar-refractivity contribution in [3.05, 3.63) is 90.0 Å². The molecule has 2 amide bonds. The third-order valence-electron chi connectivity index (χ3n) is 4.71. The molecule has 0 aliphatic carbocycles. The van der Waals surface area contributed by atoms with Crippen LogP contribution in [0.1, 0.15) is 35.7 Å². The Kier molecular flexibility index (Phi) is 7.94. The lowest BCUT2D eigenvalue weighted by atomic mass is 10.0. The van der Waals surface area contributed by atoms with Gasteiger partial charge in [0.25, 0.3) is 11.8 Å². The highest BCUT2D eigenvalue weighted by atomic mass is 32.1. The first-order valence-corrected chi connectivity index (χ1v) is 10.6. The van der Waals surface area contributed by atoms with Crippen molar-refractivity contribution in [2.75, 3.05) is 6.61 Å². The van der Waals surface area contributed by atoms with Gasteiger partial charge in [0.15, 0.2) is 11.7 Å². The van der Waals surface area contributed by atoms with Crippen LogP contribution < -0.4 is 20.9 Å². The molecular formula is C25H25N3O3S. The van der Waals surface area contributed by atoms with Crippen LogP contribution >= 0.6 is 12.2 Å². The summed E-state index contributed by atoms with van der Waals surface area (Å²) in [5.41, 5.74) is 8.62. The Hall–Kier alpha value is -3.71. The smallest absolute Gasteiger partial charge is 0.276 e. The van der Waals surface area contributed by atoms with Gasteiger partial charge in [-0.25, -0.2) is 0 Å². The maximum atomic E-state index is 12.4. The summed E-state index contributed by atoms with van der Waals surface area (Å²) in [5.74, 6) is 0.216. The molecule has 0 unspecified atom stereocenters. The van der Waals surface area contributed by atoms with E-state index in [0.29, 0.717) is 17.2 Å². The number of benzene rings is 3. The van der Waals surface area contributed by atoms with E-state index in [2.05, 4.69) is 30.0 Å². The van der Waals surface area contributed by atoms with E-state index in [1.165, 1.54) is 5.56 Å². The molecule has 6 nitrogen and oxygen atoms in total. The van der Waals surface area contributed by atoms with Gasteiger partial charge in [-0.15, -0.1) is 0 Å². The molecule has 0 aliphatic rings. The average molecular weight is 448 g/mol. The number of ether oxygens (including phenoxy) is 1. The van der Waals surface area contributed by atoms with Crippen molar-refractivity contribution in [2.24, 2.45) is 0 Å². The fourth-order valence-electron chi connectivity index (χ4n) is 2.91. The molecule has 0 fully saturated rings. The molecule has 0 atom stereocenters. The normalized spacial score (nSPS) is 10.3. The summed E-state index contributed by atoms with van der Waals surface area (Å²) in [5, 5.41) is 2.51. The quantitative estimate of drug-likeness (QED) is 0.390. The van der Waals surface area contributed by atoms with Crippen molar-refractivity contribution in [1.82, 2.24) is 16.2 Å². The highest BCUT2D eigenvalue weighted by molar-refractivity contribution is 7.80. The maximum absolute atomic E-state index is 12.4. The van der Waals surface area contributed by atoms with E-state index < -0.39 is 5.91 Å². The summed E-state index contributed by atoms with van der Waals surface area (Å²) in [6.07, 6.45) is 0. The second-order valence-corrected chi connectivity index (χ2v) is 7.82. The van der Waals surface area contributed by atoms with Crippen molar-refractivity contribution < 1.29 is 14.3 Å². The Bertz CT molecular complexity index is 1070. The number of carbonyl (C=O) groups excluding carboxylic acids is 2. The molecule has 0 aromatic heterocycles.